The standard InChI is InChI=1S/C9H12O2/c1-7-2-3-8(4-5-10)9(11)6-7/h2-3,6,10-11H,4-5H2,1H3. The van der Waals surface area contributed by atoms with Crippen molar-refractivity contribution < 1.29 is 10.2 Å². The molecule has 0 atom stereocenters. The summed E-state index contributed by atoms with van der Waals surface area (Å²) in [5.41, 5.74) is 1.84. The molecule has 0 aliphatic heterocycles. The summed E-state index contributed by atoms with van der Waals surface area (Å²) in [5.74, 6) is 0.277. The van der Waals surface area contributed by atoms with Crippen molar-refractivity contribution in [2.45, 2.75) is 13.3 Å². The van der Waals surface area contributed by atoms with Crippen LogP contribution in [0.5, 0.6) is 5.75 Å². The maximum absolute atomic E-state index is 9.31. The summed E-state index contributed by atoms with van der Waals surface area (Å²) in [6, 6.07) is 5.45. The Balaban J connectivity index is 2.90. The first kappa shape index (κ1) is 8.08. The molecule has 0 spiro atoms. The lowest BCUT2D eigenvalue weighted by Gasteiger charge is -2.02. The molecule has 0 aliphatic carbocycles. The number of phenolic OH excluding ortho intramolecular Hbond substituents is 1. The first-order chi connectivity index (χ1) is 5.24. The van der Waals surface area contributed by atoms with Gasteiger partial charge in [-0.15, -0.1) is 0 Å². The van der Waals surface area contributed by atoms with Gasteiger partial charge in [0.15, 0.2) is 0 Å². The van der Waals surface area contributed by atoms with Crippen LogP contribution in [0.1, 0.15) is 11.1 Å². The quantitative estimate of drug-likeness (QED) is 0.669. The van der Waals surface area contributed by atoms with Gasteiger partial charge in [0.1, 0.15) is 5.75 Å². The Labute approximate surface area is 66.1 Å². The number of aryl methyl sites for hydroxylation is 1. The molecule has 2 heteroatoms. The smallest absolute Gasteiger partial charge is 0.119 e. The van der Waals surface area contributed by atoms with Gasteiger partial charge in [0, 0.05) is 6.61 Å². The van der Waals surface area contributed by atoms with Gasteiger partial charge < -0.3 is 10.2 Å². The molecule has 1 rings (SSSR count). The minimum absolute atomic E-state index is 0.0800. The molecule has 0 bridgehead atoms. The summed E-state index contributed by atoms with van der Waals surface area (Å²) >= 11 is 0. The average molecular weight is 152 g/mol. The molecule has 11 heavy (non-hydrogen) atoms. The predicted octanol–water partition coefficient (Wildman–Crippen LogP) is 1.24. The van der Waals surface area contributed by atoms with Crippen LogP contribution in [0, 0.1) is 6.92 Å². The zero-order valence-corrected chi connectivity index (χ0v) is 6.54. The number of rotatable bonds is 2. The SMILES string of the molecule is Cc1ccc(CCO)c(O)c1. The van der Waals surface area contributed by atoms with Crippen molar-refractivity contribution in [1.29, 1.82) is 0 Å². The lowest BCUT2D eigenvalue weighted by atomic mass is 10.1. The molecule has 60 valence electrons. The van der Waals surface area contributed by atoms with Gasteiger partial charge in [-0.05, 0) is 30.5 Å². The van der Waals surface area contributed by atoms with E-state index in [9.17, 15) is 5.11 Å². The van der Waals surface area contributed by atoms with Crippen molar-refractivity contribution in [2.24, 2.45) is 0 Å². The number of hydrogen-bond donors (Lipinski definition) is 2. The van der Waals surface area contributed by atoms with Crippen LogP contribution in [0.4, 0.5) is 0 Å². The maximum Gasteiger partial charge on any atom is 0.119 e. The van der Waals surface area contributed by atoms with Crippen molar-refractivity contribution in [1.82, 2.24) is 0 Å². The van der Waals surface area contributed by atoms with E-state index in [1.807, 2.05) is 19.1 Å². The molecule has 0 aromatic heterocycles. The van der Waals surface area contributed by atoms with Crippen molar-refractivity contribution in [3.63, 3.8) is 0 Å². The van der Waals surface area contributed by atoms with Gasteiger partial charge >= 0.3 is 0 Å². The number of benzene rings is 1. The van der Waals surface area contributed by atoms with E-state index in [0.717, 1.165) is 11.1 Å². The summed E-state index contributed by atoms with van der Waals surface area (Å²) < 4.78 is 0. The third-order valence-corrected chi connectivity index (χ3v) is 1.62. The Kier molecular flexibility index (Phi) is 2.49. The van der Waals surface area contributed by atoms with Crippen molar-refractivity contribution >= 4 is 0 Å². The highest BCUT2D eigenvalue weighted by molar-refractivity contribution is 5.35. The average Bonchev–Trinajstić information content (AvgIpc) is 1.95. The van der Waals surface area contributed by atoms with E-state index in [1.54, 1.807) is 6.07 Å². The van der Waals surface area contributed by atoms with E-state index in [-0.39, 0.29) is 12.4 Å². The van der Waals surface area contributed by atoms with Crippen LogP contribution in [-0.4, -0.2) is 16.8 Å². The van der Waals surface area contributed by atoms with E-state index < -0.39 is 0 Å². The Morgan fingerprint density at radius 3 is 2.64 bits per heavy atom. The van der Waals surface area contributed by atoms with Crippen molar-refractivity contribution in [3.05, 3.63) is 29.3 Å². The Bertz CT molecular complexity index is 243. The summed E-state index contributed by atoms with van der Waals surface area (Å²) in [6.07, 6.45) is 0.520. The number of aliphatic hydroxyl groups is 1. The van der Waals surface area contributed by atoms with E-state index in [0.29, 0.717) is 6.42 Å². The molecule has 1 aromatic rings. The van der Waals surface area contributed by atoms with Gasteiger partial charge in [0.05, 0.1) is 0 Å². The van der Waals surface area contributed by atoms with Gasteiger partial charge in [0.25, 0.3) is 0 Å². The lowest BCUT2D eigenvalue weighted by molar-refractivity contribution is 0.297. The predicted molar refractivity (Wildman–Crippen MR) is 43.6 cm³/mol. The van der Waals surface area contributed by atoms with Crippen LogP contribution in [0.25, 0.3) is 0 Å². The molecular formula is C9H12O2. The third-order valence-electron chi connectivity index (χ3n) is 1.62. The molecule has 0 unspecified atom stereocenters. The van der Waals surface area contributed by atoms with Crippen molar-refractivity contribution in [3.8, 4) is 5.75 Å². The topological polar surface area (TPSA) is 40.5 Å². The molecule has 0 saturated carbocycles. The van der Waals surface area contributed by atoms with Gasteiger partial charge in [0.2, 0.25) is 0 Å². The molecule has 0 heterocycles. The molecule has 0 aliphatic rings. The van der Waals surface area contributed by atoms with Crippen LogP contribution in [-0.2, 0) is 6.42 Å². The highest BCUT2D eigenvalue weighted by Crippen LogP contribution is 2.18. The fourth-order valence-electron chi connectivity index (χ4n) is 1.01. The van der Waals surface area contributed by atoms with Gasteiger partial charge in [-0.1, -0.05) is 12.1 Å². The summed E-state index contributed by atoms with van der Waals surface area (Å²) in [4.78, 5) is 0. The molecule has 0 amide bonds. The Morgan fingerprint density at radius 2 is 2.09 bits per heavy atom. The normalized spacial score (nSPS) is 10.0. The fourth-order valence-corrected chi connectivity index (χ4v) is 1.01. The molecular weight excluding hydrogens is 140 g/mol. The largest absolute Gasteiger partial charge is 0.508 e. The molecule has 1 aromatic carbocycles. The van der Waals surface area contributed by atoms with E-state index in [1.165, 1.54) is 0 Å². The Hall–Kier alpha value is -1.02. The van der Waals surface area contributed by atoms with Gasteiger partial charge in [-0.2, -0.15) is 0 Å². The van der Waals surface area contributed by atoms with E-state index >= 15 is 0 Å². The number of phenols is 1. The third kappa shape index (κ3) is 1.95. The minimum atomic E-state index is 0.0800. The van der Waals surface area contributed by atoms with Crippen LogP contribution < -0.4 is 0 Å². The molecule has 2 nitrogen and oxygen atoms in total. The first-order valence-electron chi connectivity index (χ1n) is 3.63. The highest BCUT2D eigenvalue weighted by Gasteiger charge is 1.98. The minimum Gasteiger partial charge on any atom is -0.508 e. The highest BCUT2D eigenvalue weighted by atomic mass is 16.3. The number of aliphatic hydroxyl groups excluding tert-OH is 1. The maximum atomic E-state index is 9.31. The van der Waals surface area contributed by atoms with Crippen LogP contribution in [0.2, 0.25) is 0 Å². The second-order valence-electron chi connectivity index (χ2n) is 2.61. The summed E-state index contributed by atoms with van der Waals surface area (Å²) in [5, 5.41) is 17.9. The van der Waals surface area contributed by atoms with E-state index in [4.69, 9.17) is 5.11 Å². The van der Waals surface area contributed by atoms with Gasteiger partial charge in [-0.25, -0.2) is 0 Å². The van der Waals surface area contributed by atoms with Gasteiger partial charge in [-0.3, -0.25) is 0 Å². The molecule has 2 N–H and O–H groups in total. The molecule has 0 fully saturated rings. The fraction of sp³-hybridized carbons (Fsp3) is 0.333. The second-order valence-corrected chi connectivity index (χ2v) is 2.61. The zero-order chi connectivity index (χ0) is 8.27. The molecule has 0 radical (unpaired) electrons. The lowest BCUT2D eigenvalue weighted by Crippen LogP contribution is -1.90. The first-order valence-corrected chi connectivity index (χ1v) is 3.63. The number of aromatic hydroxyl groups is 1. The summed E-state index contributed by atoms with van der Waals surface area (Å²) in [7, 11) is 0. The van der Waals surface area contributed by atoms with Crippen LogP contribution in [0.15, 0.2) is 18.2 Å². The van der Waals surface area contributed by atoms with Crippen molar-refractivity contribution in [2.75, 3.05) is 6.61 Å². The second kappa shape index (κ2) is 3.39. The van der Waals surface area contributed by atoms with Crippen LogP contribution >= 0.6 is 0 Å². The van der Waals surface area contributed by atoms with E-state index in [2.05, 4.69) is 0 Å². The Morgan fingerprint density at radius 1 is 1.36 bits per heavy atom. The molecule has 0 saturated heterocycles. The monoisotopic (exact) mass is 152 g/mol. The van der Waals surface area contributed by atoms with Crippen LogP contribution in [0.3, 0.4) is 0 Å². The summed E-state index contributed by atoms with van der Waals surface area (Å²) in [6.45, 7) is 2.00. The zero-order valence-electron chi connectivity index (χ0n) is 6.54. The number of hydrogen-bond acceptors (Lipinski definition) is 2.